The van der Waals surface area contributed by atoms with E-state index in [4.69, 9.17) is 19.4 Å². The minimum atomic E-state index is -4.78. The van der Waals surface area contributed by atoms with Crippen molar-refractivity contribution in [2.24, 2.45) is 22.7 Å². The number of alkyl halides is 6. The second-order valence-electron chi connectivity index (χ2n) is 22.5. The van der Waals surface area contributed by atoms with E-state index in [2.05, 4.69) is 70.8 Å². The quantitative estimate of drug-likeness (QED) is 0.117. The summed E-state index contributed by atoms with van der Waals surface area (Å²) in [4.78, 5) is 9.66. The molecule has 0 amide bonds. The van der Waals surface area contributed by atoms with Crippen LogP contribution < -0.4 is 29.6 Å². The topological polar surface area (TPSA) is 96.6 Å². The van der Waals surface area contributed by atoms with Crippen LogP contribution in [0.15, 0.2) is 109 Å². The molecular formula is C60H60F10N6O4. The number of nitrogens with zero attached hydrogens (tertiary/aromatic N) is 4. The fourth-order valence-corrected chi connectivity index (χ4v) is 12.0. The second kappa shape index (κ2) is 22.1. The first-order valence-corrected chi connectivity index (χ1v) is 26.0. The minimum absolute atomic E-state index is 0.102. The molecule has 0 bridgehead atoms. The molecule has 2 N–H and O–H groups in total. The molecular weight excluding hydrogens is 1060 g/mol. The van der Waals surface area contributed by atoms with Crippen molar-refractivity contribution in [3.05, 3.63) is 132 Å². The van der Waals surface area contributed by atoms with Gasteiger partial charge in [-0.3, -0.25) is 0 Å². The SMILES string of the molecule is COc1c(F)cc(-c2ccc3c(c2)nc(Nc2ccc(OC(F)(F)F)cc2)n3[C@@H]2C[C@H](C)CC(C)(C)C2)cc1F.COc1c(F)cc(-c2ccc3c(c2)nc(Nc2ccc(OC(F)(F)F)cc2)n3[C@H]2C[C@@H](C)CC(C)(C)C2)cc1F. The molecule has 0 radical (unpaired) electrons. The van der Waals surface area contributed by atoms with Crippen molar-refractivity contribution in [2.45, 2.75) is 105 Å². The molecule has 20 heteroatoms. The van der Waals surface area contributed by atoms with E-state index in [0.717, 1.165) is 49.6 Å². The van der Waals surface area contributed by atoms with Crippen molar-refractivity contribution in [2.75, 3.05) is 24.9 Å². The Labute approximate surface area is 456 Å². The molecule has 10 nitrogen and oxygen atoms in total. The summed E-state index contributed by atoms with van der Waals surface area (Å²) in [5.74, 6) is -2.74. The van der Waals surface area contributed by atoms with E-state index < -0.39 is 47.5 Å². The minimum Gasteiger partial charge on any atom is -0.491 e. The Morgan fingerprint density at radius 2 is 0.812 bits per heavy atom. The first-order chi connectivity index (χ1) is 37.6. The van der Waals surface area contributed by atoms with Crippen molar-refractivity contribution in [1.82, 2.24) is 19.1 Å². The van der Waals surface area contributed by atoms with Crippen LogP contribution in [0.4, 0.5) is 67.2 Å². The van der Waals surface area contributed by atoms with Crippen molar-refractivity contribution in [3.8, 4) is 45.3 Å². The van der Waals surface area contributed by atoms with Crippen LogP contribution in [0, 0.1) is 45.9 Å². The van der Waals surface area contributed by atoms with E-state index in [1.165, 1.54) is 87.0 Å². The zero-order valence-electron chi connectivity index (χ0n) is 45.1. The fourth-order valence-electron chi connectivity index (χ4n) is 12.0. The molecule has 2 saturated carbocycles. The van der Waals surface area contributed by atoms with Gasteiger partial charge >= 0.3 is 12.7 Å². The molecule has 2 fully saturated rings. The largest absolute Gasteiger partial charge is 0.573 e. The lowest BCUT2D eigenvalue weighted by molar-refractivity contribution is -0.275. The molecule has 2 aliphatic rings. The van der Waals surface area contributed by atoms with E-state index >= 15 is 0 Å². The third-order valence-corrected chi connectivity index (χ3v) is 14.6. The molecule has 8 aromatic rings. The Morgan fingerprint density at radius 1 is 0.475 bits per heavy atom. The summed E-state index contributed by atoms with van der Waals surface area (Å²) in [6.45, 7) is 13.4. The molecule has 0 aliphatic heterocycles. The van der Waals surface area contributed by atoms with Crippen LogP contribution in [-0.2, 0) is 0 Å². The lowest BCUT2D eigenvalue weighted by Crippen LogP contribution is -2.29. The summed E-state index contributed by atoms with van der Waals surface area (Å²) < 4.78 is 155. The fraction of sp³-hybridized carbons (Fsp3) is 0.367. The number of aromatic nitrogens is 4. The number of anilines is 4. The molecule has 80 heavy (non-hydrogen) atoms. The number of ether oxygens (including phenoxy) is 4. The predicted octanol–water partition coefficient (Wildman–Crippen LogP) is 18.0. The first kappa shape index (κ1) is 57.1. The van der Waals surface area contributed by atoms with Gasteiger partial charge in [0.1, 0.15) is 11.5 Å². The number of halogens is 10. The van der Waals surface area contributed by atoms with Gasteiger partial charge in [-0.15, -0.1) is 26.3 Å². The summed E-state index contributed by atoms with van der Waals surface area (Å²) in [5, 5.41) is 6.53. The summed E-state index contributed by atoms with van der Waals surface area (Å²) in [7, 11) is 2.41. The van der Waals surface area contributed by atoms with Crippen LogP contribution in [-0.4, -0.2) is 46.0 Å². The average molecular weight is 1120 g/mol. The Kier molecular flexibility index (Phi) is 15.8. The Hall–Kier alpha value is -7.64. The number of rotatable bonds is 12. The third-order valence-electron chi connectivity index (χ3n) is 14.6. The molecule has 0 unspecified atom stereocenters. The lowest BCUT2D eigenvalue weighted by Gasteiger charge is -2.40. The van der Waals surface area contributed by atoms with Crippen LogP contribution >= 0.6 is 0 Å². The third kappa shape index (κ3) is 13.2. The number of hydrogen-bond donors (Lipinski definition) is 2. The standard InChI is InChI=1S/2C30H30F5N3O2/c2*1-17-11-21(16-29(2,3)15-17)38-26-10-5-18(19-12-23(31)27(39-4)24(32)13-19)14-25(26)37-28(38)36-20-6-8-22(9-7-20)40-30(33,34)35/h2*5-10,12-14,17,21H,11,15-16H2,1-4H3,(H,36,37)/t2*17-,21+/m10/s1. The maximum Gasteiger partial charge on any atom is 0.573 e. The van der Waals surface area contributed by atoms with Gasteiger partial charge < -0.3 is 38.7 Å². The number of hydrogen-bond acceptors (Lipinski definition) is 8. The van der Waals surface area contributed by atoms with Gasteiger partial charge in [0, 0.05) is 23.5 Å². The van der Waals surface area contributed by atoms with E-state index in [9.17, 15) is 43.9 Å². The highest BCUT2D eigenvalue weighted by Gasteiger charge is 2.37. The van der Waals surface area contributed by atoms with Gasteiger partial charge in [-0.25, -0.2) is 27.5 Å². The number of fused-ring (bicyclic) bond motifs is 2. The molecule has 2 aromatic heterocycles. The van der Waals surface area contributed by atoms with Gasteiger partial charge in [0.2, 0.25) is 11.9 Å². The van der Waals surface area contributed by atoms with Gasteiger partial charge in [0.05, 0.1) is 36.3 Å². The summed E-state index contributed by atoms with van der Waals surface area (Å²) in [6, 6.07) is 26.9. The summed E-state index contributed by atoms with van der Waals surface area (Å²) in [5.41, 5.74) is 6.03. The molecule has 2 aliphatic carbocycles. The van der Waals surface area contributed by atoms with E-state index in [0.29, 0.717) is 68.4 Å². The molecule has 6 aromatic carbocycles. The molecule has 0 saturated heterocycles. The normalized spacial score (nSPS) is 19.0. The van der Waals surface area contributed by atoms with Crippen LogP contribution in [0.5, 0.6) is 23.0 Å². The molecule has 4 atom stereocenters. The van der Waals surface area contributed by atoms with Crippen LogP contribution in [0.2, 0.25) is 0 Å². The number of methoxy groups -OCH3 is 2. The van der Waals surface area contributed by atoms with E-state index in [1.807, 2.05) is 12.1 Å². The molecule has 0 spiro atoms. The van der Waals surface area contributed by atoms with Crippen LogP contribution in [0.25, 0.3) is 44.3 Å². The van der Waals surface area contributed by atoms with E-state index in [-0.39, 0.29) is 34.4 Å². The van der Waals surface area contributed by atoms with Gasteiger partial charge in [-0.2, -0.15) is 0 Å². The lowest BCUT2D eigenvalue weighted by atomic mass is 9.70. The highest BCUT2D eigenvalue weighted by molar-refractivity contribution is 5.87. The van der Waals surface area contributed by atoms with Crippen molar-refractivity contribution < 1.29 is 62.9 Å². The Bertz CT molecular complexity index is 3240. The van der Waals surface area contributed by atoms with Crippen LogP contribution in [0.3, 0.4) is 0 Å². The second-order valence-corrected chi connectivity index (χ2v) is 22.5. The Balaban J connectivity index is 0.000000194. The van der Waals surface area contributed by atoms with Gasteiger partial charge in [0.25, 0.3) is 0 Å². The molecule has 2 heterocycles. The van der Waals surface area contributed by atoms with E-state index in [1.54, 1.807) is 24.3 Å². The first-order valence-electron chi connectivity index (χ1n) is 26.0. The maximum atomic E-state index is 14.4. The zero-order valence-corrected chi connectivity index (χ0v) is 45.1. The monoisotopic (exact) mass is 1120 g/mol. The average Bonchev–Trinajstić information content (AvgIpc) is 3.93. The molecule has 424 valence electrons. The van der Waals surface area contributed by atoms with Crippen LogP contribution in [0.1, 0.15) is 92.2 Å². The number of imidazole rings is 2. The Morgan fingerprint density at radius 3 is 1.11 bits per heavy atom. The zero-order chi connectivity index (χ0) is 57.6. The van der Waals surface area contributed by atoms with Crippen molar-refractivity contribution in [1.29, 1.82) is 0 Å². The molecule has 10 rings (SSSR count). The maximum absolute atomic E-state index is 14.4. The van der Waals surface area contributed by atoms with Gasteiger partial charge in [-0.05, 0) is 181 Å². The van der Waals surface area contributed by atoms with Gasteiger partial charge in [0.15, 0.2) is 34.8 Å². The van der Waals surface area contributed by atoms with Crippen molar-refractivity contribution >= 4 is 45.3 Å². The summed E-state index contributed by atoms with van der Waals surface area (Å²) >= 11 is 0. The predicted molar refractivity (Wildman–Crippen MR) is 288 cm³/mol. The number of benzene rings is 6. The highest BCUT2D eigenvalue weighted by atomic mass is 19.4. The smallest absolute Gasteiger partial charge is 0.491 e. The number of nitrogens with one attached hydrogen (secondary N) is 2. The summed E-state index contributed by atoms with van der Waals surface area (Å²) in [6.07, 6.45) is -3.69. The highest BCUT2D eigenvalue weighted by Crippen LogP contribution is 2.48. The van der Waals surface area contributed by atoms with Crippen molar-refractivity contribution in [3.63, 3.8) is 0 Å². The van der Waals surface area contributed by atoms with Gasteiger partial charge in [-0.1, -0.05) is 53.7 Å².